The Morgan fingerprint density at radius 3 is 2.29 bits per heavy atom. The van der Waals surface area contributed by atoms with E-state index in [-0.39, 0.29) is 6.10 Å². The first kappa shape index (κ1) is 13.7. The summed E-state index contributed by atoms with van der Waals surface area (Å²) >= 11 is 5.36. The highest BCUT2D eigenvalue weighted by Crippen LogP contribution is 2.25. The maximum absolute atomic E-state index is 5.65. The van der Waals surface area contributed by atoms with Gasteiger partial charge in [-0.1, -0.05) is 48.5 Å². The molecule has 0 spiro atoms. The smallest absolute Gasteiger partial charge is 0.199 e. The molecule has 0 aliphatic carbocycles. The van der Waals surface area contributed by atoms with Gasteiger partial charge in [0.15, 0.2) is 10.6 Å². The molecule has 0 radical (unpaired) electrons. The molecular weight excluding hydrogens is 282 g/mol. The maximum atomic E-state index is 5.65. The molecule has 0 fully saturated rings. The van der Waals surface area contributed by atoms with Crippen LogP contribution in [0, 0.1) is 4.77 Å². The maximum Gasteiger partial charge on any atom is 0.199 e. The summed E-state index contributed by atoms with van der Waals surface area (Å²) in [5.41, 5.74) is 2.00. The number of methoxy groups -OCH3 is 1. The van der Waals surface area contributed by atoms with E-state index in [0.717, 1.165) is 17.1 Å². The summed E-state index contributed by atoms with van der Waals surface area (Å²) in [6, 6.07) is 19.9. The first-order valence-corrected chi connectivity index (χ1v) is 7.02. The largest absolute Gasteiger partial charge is 0.369 e. The van der Waals surface area contributed by atoms with Gasteiger partial charge in [-0.2, -0.15) is 5.10 Å². The lowest BCUT2D eigenvalue weighted by molar-refractivity contribution is 0.127. The monoisotopic (exact) mass is 297 g/mol. The molecule has 0 saturated heterocycles. The second-order valence-corrected chi connectivity index (χ2v) is 4.97. The molecule has 2 aromatic carbocycles. The first-order valence-electron chi connectivity index (χ1n) is 6.61. The second-order valence-electron chi connectivity index (χ2n) is 4.58. The van der Waals surface area contributed by atoms with Crippen molar-refractivity contribution in [3.8, 4) is 5.69 Å². The Morgan fingerprint density at radius 1 is 1.05 bits per heavy atom. The fraction of sp³-hybridized carbons (Fsp3) is 0.125. The fourth-order valence-corrected chi connectivity index (χ4v) is 2.57. The van der Waals surface area contributed by atoms with Gasteiger partial charge >= 0.3 is 0 Å². The third-order valence-corrected chi connectivity index (χ3v) is 3.56. The molecule has 0 saturated carbocycles. The van der Waals surface area contributed by atoms with E-state index < -0.39 is 0 Å². The zero-order valence-corrected chi connectivity index (χ0v) is 12.4. The number of nitrogens with zero attached hydrogens (tertiary/aromatic N) is 2. The lowest BCUT2D eigenvalue weighted by Gasteiger charge is -2.16. The molecule has 0 bridgehead atoms. The van der Waals surface area contributed by atoms with E-state index in [2.05, 4.69) is 10.2 Å². The van der Waals surface area contributed by atoms with Crippen molar-refractivity contribution in [3.05, 3.63) is 76.8 Å². The number of H-pyrrole nitrogens is 1. The fourth-order valence-electron chi connectivity index (χ4n) is 2.33. The van der Waals surface area contributed by atoms with Crippen LogP contribution in [0.2, 0.25) is 0 Å². The minimum atomic E-state index is -0.278. The van der Waals surface area contributed by atoms with Crippen LogP contribution < -0.4 is 0 Å². The summed E-state index contributed by atoms with van der Waals surface area (Å²) in [5.74, 6) is 0.736. The molecule has 0 amide bonds. The third kappa shape index (κ3) is 2.66. The van der Waals surface area contributed by atoms with Crippen molar-refractivity contribution < 1.29 is 4.74 Å². The van der Waals surface area contributed by atoms with Crippen LogP contribution in [0.15, 0.2) is 60.7 Å². The van der Waals surface area contributed by atoms with Crippen molar-refractivity contribution in [2.45, 2.75) is 6.10 Å². The van der Waals surface area contributed by atoms with Gasteiger partial charge in [0.25, 0.3) is 0 Å². The molecule has 4 nitrogen and oxygen atoms in total. The van der Waals surface area contributed by atoms with Crippen LogP contribution in [0.1, 0.15) is 17.5 Å². The highest BCUT2D eigenvalue weighted by Gasteiger charge is 2.20. The Bertz CT molecular complexity index is 765. The first-order chi connectivity index (χ1) is 10.3. The average molecular weight is 297 g/mol. The van der Waals surface area contributed by atoms with Gasteiger partial charge in [-0.15, -0.1) is 0 Å². The highest BCUT2D eigenvalue weighted by molar-refractivity contribution is 7.71. The number of ether oxygens (including phenoxy) is 1. The highest BCUT2D eigenvalue weighted by atomic mass is 32.1. The molecule has 106 valence electrons. The van der Waals surface area contributed by atoms with E-state index in [4.69, 9.17) is 17.0 Å². The number of rotatable bonds is 4. The third-order valence-electron chi connectivity index (χ3n) is 3.29. The molecule has 1 aromatic heterocycles. The molecule has 0 aliphatic heterocycles. The summed E-state index contributed by atoms with van der Waals surface area (Å²) < 4.78 is 8.10. The Balaban J connectivity index is 2.13. The predicted molar refractivity (Wildman–Crippen MR) is 84.0 cm³/mol. The van der Waals surface area contributed by atoms with Crippen molar-refractivity contribution in [2.24, 2.45) is 0 Å². The van der Waals surface area contributed by atoms with E-state index in [1.807, 2.05) is 65.2 Å². The predicted octanol–water partition coefficient (Wildman–Crippen LogP) is 3.67. The van der Waals surface area contributed by atoms with E-state index in [1.165, 1.54) is 0 Å². The van der Waals surface area contributed by atoms with Crippen LogP contribution in [0.5, 0.6) is 0 Å². The van der Waals surface area contributed by atoms with Gasteiger partial charge in [-0.3, -0.25) is 9.67 Å². The number of nitrogens with one attached hydrogen (secondary N) is 1. The number of hydrogen-bond acceptors (Lipinski definition) is 3. The molecule has 0 aliphatic rings. The average Bonchev–Trinajstić information content (AvgIpc) is 2.92. The quantitative estimate of drug-likeness (QED) is 0.747. The van der Waals surface area contributed by atoms with Gasteiger partial charge in [-0.05, 0) is 29.9 Å². The van der Waals surface area contributed by atoms with E-state index in [9.17, 15) is 0 Å². The van der Waals surface area contributed by atoms with Gasteiger partial charge in [0.1, 0.15) is 6.10 Å². The number of hydrogen-bond donors (Lipinski definition) is 1. The summed E-state index contributed by atoms with van der Waals surface area (Å²) in [5, 5.41) is 7.22. The molecule has 1 unspecified atom stereocenters. The molecule has 1 heterocycles. The van der Waals surface area contributed by atoms with Crippen LogP contribution in [-0.4, -0.2) is 21.9 Å². The van der Waals surface area contributed by atoms with Crippen molar-refractivity contribution in [1.29, 1.82) is 0 Å². The van der Waals surface area contributed by atoms with Crippen molar-refractivity contribution in [3.63, 3.8) is 0 Å². The summed E-state index contributed by atoms with van der Waals surface area (Å²) in [7, 11) is 1.67. The molecule has 21 heavy (non-hydrogen) atoms. The van der Waals surface area contributed by atoms with Gasteiger partial charge in [0.2, 0.25) is 0 Å². The van der Waals surface area contributed by atoms with E-state index in [1.54, 1.807) is 7.11 Å². The van der Waals surface area contributed by atoms with Crippen LogP contribution in [0.4, 0.5) is 0 Å². The number of aromatic nitrogens is 3. The van der Waals surface area contributed by atoms with Gasteiger partial charge < -0.3 is 4.74 Å². The zero-order valence-electron chi connectivity index (χ0n) is 11.6. The summed E-state index contributed by atoms with van der Waals surface area (Å²) in [6.07, 6.45) is -0.278. The van der Waals surface area contributed by atoms with Crippen LogP contribution >= 0.6 is 12.2 Å². The van der Waals surface area contributed by atoms with Crippen LogP contribution in [-0.2, 0) is 4.74 Å². The molecule has 3 rings (SSSR count). The summed E-state index contributed by atoms with van der Waals surface area (Å²) in [6.45, 7) is 0. The van der Waals surface area contributed by atoms with Crippen molar-refractivity contribution >= 4 is 12.2 Å². The van der Waals surface area contributed by atoms with Gasteiger partial charge in [0, 0.05) is 12.8 Å². The number of aromatic amines is 1. The lowest BCUT2D eigenvalue weighted by atomic mass is 10.1. The Hall–Kier alpha value is -2.24. The van der Waals surface area contributed by atoms with Crippen LogP contribution in [0.25, 0.3) is 5.69 Å². The van der Waals surface area contributed by atoms with Crippen molar-refractivity contribution in [1.82, 2.24) is 14.8 Å². The molecule has 5 heteroatoms. The van der Waals surface area contributed by atoms with Crippen LogP contribution in [0.3, 0.4) is 0 Å². The molecule has 1 atom stereocenters. The zero-order chi connectivity index (χ0) is 14.7. The molecular formula is C16H15N3OS. The minimum absolute atomic E-state index is 0.278. The topological polar surface area (TPSA) is 42.8 Å². The number of benzene rings is 2. The normalized spacial score (nSPS) is 12.2. The Morgan fingerprint density at radius 2 is 1.67 bits per heavy atom. The second kappa shape index (κ2) is 6.03. The standard InChI is InChI=1S/C16H15N3OS/c1-20-14(12-8-4-2-5-9-12)15-17-18-16(21)19(15)13-10-6-3-7-11-13/h2-11,14H,1H3,(H,18,21). The van der Waals surface area contributed by atoms with Gasteiger partial charge in [0.05, 0.1) is 0 Å². The molecule has 1 N–H and O–H groups in total. The minimum Gasteiger partial charge on any atom is -0.369 e. The Kier molecular flexibility index (Phi) is 3.94. The van der Waals surface area contributed by atoms with E-state index >= 15 is 0 Å². The molecule has 3 aromatic rings. The lowest BCUT2D eigenvalue weighted by Crippen LogP contribution is -2.11. The van der Waals surface area contributed by atoms with Crippen molar-refractivity contribution in [2.75, 3.05) is 7.11 Å². The Labute approximate surface area is 128 Å². The van der Waals surface area contributed by atoms with Gasteiger partial charge in [-0.25, -0.2) is 0 Å². The van der Waals surface area contributed by atoms with E-state index in [0.29, 0.717) is 4.77 Å². The summed E-state index contributed by atoms with van der Waals surface area (Å²) in [4.78, 5) is 0. The number of para-hydroxylation sites is 1. The SMILES string of the molecule is COC(c1ccccc1)c1n[nH]c(=S)n1-c1ccccc1.